The van der Waals surface area contributed by atoms with Crippen LogP contribution in [0.25, 0.3) is 5.69 Å². The SMILES string of the molecule is CC(C)CNCc1cc(-n2ccnc2)ccn1. The molecule has 0 bridgehead atoms. The van der Waals surface area contributed by atoms with Gasteiger partial charge in [0.2, 0.25) is 0 Å². The molecule has 0 saturated carbocycles. The number of hydrogen-bond donors (Lipinski definition) is 1. The van der Waals surface area contributed by atoms with Gasteiger partial charge in [0.1, 0.15) is 0 Å². The minimum absolute atomic E-state index is 0.659. The molecule has 0 atom stereocenters. The molecule has 2 heterocycles. The molecule has 2 aromatic rings. The van der Waals surface area contributed by atoms with E-state index < -0.39 is 0 Å². The van der Waals surface area contributed by atoms with Crippen LogP contribution in [0.5, 0.6) is 0 Å². The Morgan fingerprint density at radius 1 is 1.35 bits per heavy atom. The largest absolute Gasteiger partial charge is 0.311 e. The molecular weight excluding hydrogens is 212 g/mol. The minimum Gasteiger partial charge on any atom is -0.311 e. The Kier molecular flexibility index (Phi) is 3.88. The lowest BCUT2D eigenvalue weighted by Gasteiger charge is -2.08. The third-order valence-corrected chi connectivity index (χ3v) is 2.46. The summed E-state index contributed by atoms with van der Waals surface area (Å²) in [7, 11) is 0. The first kappa shape index (κ1) is 11.8. The molecular formula is C13H18N4. The number of rotatable bonds is 5. The predicted octanol–water partition coefficient (Wildman–Crippen LogP) is 2.01. The van der Waals surface area contributed by atoms with Crippen LogP contribution in [0, 0.1) is 5.92 Å². The van der Waals surface area contributed by atoms with Crippen molar-refractivity contribution in [2.75, 3.05) is 6.54 Å². The molecule has 4 nitrogen and oxygen atoms in total. The Hall–Kier alpha value is -1.68. The zero-order chi connectivity index (χ0) is 12.1. The van der Waals surface area contributed by atoms with Crippen molar-refractivity contribution in [1.29, 1.82) is 0 Å². The lowest BCUT2D eigenvalue weighted by Crippen LogP contribution is -2.19. The van der Waals surface area contributed by atoms with Crippen molar-refractivity contribution in [1.82, 2.24) is 19.9 Å². The molecule has 1 N–H and O–H groups in total. The Labute approximate surface area is 102 Å². The molecule has 17 heavy (non-hydrogen) atoms. The van der Waals surface area contributed by atoms with Gasteiger partial charge in [-0.2, -0.15) is 0 Å². The lowest BCUT2D eigenvalue weighted by molar-refractivity contribution is 0.548. The topological polar surface area (TPSA) is 42.7 Å². The first-order valence-electron chi connectivity index (χ1n) is 5.89. The average molecular weight is 230 g/mol. The van der Waals surface area contributed by atoms with Gasteiger partial charge < -0.3 is 9.88 Å². The van der Waals surface area contributed by atoms with E-state index in [2.05, 4.69) is 35.2 Å². The third kappa shape index (κ3) is 3.39. The van der Waals surface area contributed by atoms with E-state index in [1.54, 1.807) is 12.5 Å². The number of nitrogens with zero attached hydrogens (tertiary/aromatic N) is 3. The standard InChI is InChI=1S/C13H18N4/c1-11(2)8-15-9-12-7-13(3-4-16-12)17-6-5-14-10-17/h3-7,10-11,15H,8-9H2,1-2H3. The first-order chi connectivity index (χ1) is 8.25. The van der Waals surface area contributed by atoms with Crippen molar-refractivity contribution in [3.05, 3.63) is 42.7 Å². The van der Waals surface area contributed by atoms with Gasteiger partial charge in [0, 0.05) is 30.8 Å². The van der Waals surface area contributed by atoms with Crippen molar-refractivity contribution < 1.29 is 0 Å². The molecule has 90 valence electrons. The average Bonchev–Trinajstić information content (AvgIpc) is 2.82. The normalized spacial score (nSPS) is 11.0. The summed E-state index contributed by atoms with van der Waals surface area (Å²) in [6, 6.07) is 4.06. The molecule has 0 aliphatic heterocycles. The summed E-state index contributed by atoms with van der Waals surface area (Å²) < 4.78 is 1.98. The van der Waals surface area contributed by atoms with Gasteiger partial charge in [-0.25, -0.2) is 4.98 Å². The van der Waals surface area contributed by atoms with E-state index in [1.165, 1.54) is 0 Å². The summed E-state index contributed by atoms with van der Waals surface area (Å²) in [5.41, 5.74) is 2.15. The Morgan fingerprint density at radius 2 is 2.24 bits per heavy atom. The van der Waals surface area contributed by atoms with Gasteiger partial charge >= 0.3 is 0 Å². The van der Waals surface area contributed by atoms with Crippen LogP contribution in [0.3, 0.4) is 0 Å². The maximum atomic E-state index is 4.35. The minimum atomic E-state index is 0.659. The zero-order valence-electron chi connectivity index (χ0n) is 10.3. The van der Waals surface area contributed by atoms with E-state index in [0.717, 1.165) is 24.5 Å². The monoisotopic (exact) mass is 230 g/mol. The van der Waals surface area contributed by atoms with Crippen molar-refractivity contribution in [2.45, 2.75) is 20.4 Å². The van der Waals surface area contributed by atoms with Gasteiger partial charge in [0.15, 0.2) is 0 Å². The molecule has 2 rings (SSSR count). The van der Waals surface area contributed by atoms with Crippen LogP contribution in [0.15, 0.2) is 37.1 Å². The van der Waals surface area contributed by atoms with Crippen molar-refractivity contribution in [2.24, 2.45) is 5.92 Å². The zero-order valence-corrected chi connectivity index (χ0v) is 10.3. The number of nitrogens with one attached hydrogen (secondary N) is 1. The first-order valence-corrected chi connectivity index (χ1v) is 5.89. The quantitative estimate of drug-likeness (QED) is 0.854. The Bertz CT molecular complexity index is 448. The van der Waals surface area contributed by atoms with E-state index >= 15 is 0 Å². The van der Waals surface area contributed by atoms with Gasteiger partial charge in [-0.3, -0.25) is 4.98 Å². The highest BCUT2D eigenvalue weighted by molar-refractivity contribution is 5.31. The van der Waals surface area contributed by atoms with Crippen molar-refractivity contribution in [3.63, 3.8) is 0 Å². The van der Waals surface area contributed by atoms with Crippen molar-refractivity contribution in [3.8, 4) is 5.69 Å². The summed E-state index contributed by atoms with van der Waals surface area (Å²) in [6.07, 6.45) is 7.33. The van der Waals surface area contributed by atoms with E-state index in [9.17, 15) is 0 Å². The van der Waals surface area contributed by atoms with E-state index in [0.29, 0.717) is 5.92 Å². The van der Waals surface area contributed by atoms with Crippen LogP contribution in [-0.2, 0) is 6.54 Å². The maximum Gasteiger partial charge on any atom is 0.0991 e. The fourth-order valence-electron chi connectivity index (χ4n) is 1.62. The summed E-state index contributed by atoms with van der Waals surface area (Å²) in [4.78, 5) is 8.39. The number of hydrogen-bond acceptors (Lipinski definition) is 3. The molecule has 0 aromatic carbocycles. The smallest absolute Gasteiger partial charge is 0.0991 e. The lowest BCUT2D eigenvalue weighted by atomic mass is 10.2. The molecule has 0 aliphatic rings. The number of imidazole rings is 1. The second-order valence-corrected chi connectivity index (χ2v) is 4.50. The van der Waals surface area contributed by atoms with Gasteiger partial charge in [0.05, 0.1) is 12.0 Å². The van der Waals surface area contributed by atoms with E-state index in [-0.39, 0.29) is 0 Å². The molecule has 0 aliphatic carbocycles. The van der Waals surface area contributed by atoms with E-state index in [1.807, 2.05) is 23.0 Å². The van der Waals surface area contributed by atoms with Gasteiger partial charge in [0.25, 0.3) is 0 Å². The van der Waals surface area contributed by atoms with Crippen LogP contribution < -0.4 is 5.32 Å². The third-order valence-electron chi connectivity index (χ3n) is 2.46. The van der Waals surface area contributed by atoms with Gasteiger partial charge in [-0.1, -0.05) is 13.8 Å². The highest BCUT2D eigenvalue weighted by atomic mass is 15.0. The molecule has 0 amide bonds. The molecule has 0 spiro atoms. The van der Waals surface area contributed by atoms with Crippen LogP contribution in [-0.4, -0.2) is 21.1 Å². The molecule has 0 saturated heterocycles. The predicted molar refractivity (Wildman–Crippen MR) is 67.9 cm³/mol. The Balaban J connectivity index is 2.02. The summed E-state index contributed by atoms with van der Waals surface area (Å²) in [6.45, 7) is 6.21. The van der Waals surface area contributed by atoms with Crippen LogP contribution in [0.1, 0.15) is 19.5 Å². The second-order valence-electron chi connectivity index (χ2n) is 4.50. The highest BCUT2D eigenvalue weighted by Crippen LogP contribution is 2.07. The fourth-order valence-corrected chi connectivity index (χ4v) is 1.62. The van der Waals surface area contributed by atoms with Crippen LogP contribution in [0.2, 0.25) is 0 Å². The highest BCUT2D eigenvalue weighted by Gasteiger charge is 1.99. The van der Waals surface area contributed by atoms with Gasteiger partial charge in [-0.05, 0) is 24.6 Å². The fraction of sp³-hybridized carbons (Fsp3) is 0.385. The number of aromatic nitrogens is 3. The summed E-state index contributed by atoms with van der Waals surface area (Å²) in [5.74, 6) is 0.659. The molecule has 0 radical (unpaired) electrons. The van der Waals surface area contributed by atoms with E-state index in [4.69, 9.17) is 0 Å². The van der Waals surface area contributed by atoms with Crippen LogP contribution in [0.4, 0.5) is 0 Å². The van der Waals surface area contributed by atoms with Gasteiger partial charge in [-0.15, -0.1) is 0 Å². The Morgan fingerprint density at radius 3 is 2.94 bits per heavy atom. The molecule has 4 heteroatoms. The second kappa shape index (κ2) is 5.59. The molecule has 0 fully saturated rings. The molecule has 0 unspecified atom stereocenters. The maximum absolute atomic E-state index is 4.35. The number of pyridine rings is 1. The van der Waals surface area contributed by atoms with Crippen molar-refractivity contribution >= 4 is 0 Å². The van der Waals surface area contributed by atoms with Crippen LogP contribution >= 0.6 is 0 Å². The molecule has 2 aromatic heterocycles. The summed E-state index contributed by atoms with van der Waals surface area (Å²) in [5, 5.41) is 3.39. The summed E-state index contributed by atoms with van der Waals surface area (Å²) >= 11 is 0.